The molecule has 0 saturated heterocycles. The number of benzene rings is 2. The topological polar surface area (TPSA) is 55.8 Å². The van der Waals surface area contributed by atoms with Gasteiger partial charge in [-0.2, -0.15) is 0 Å². The number of hydrogen-bond donors (Lipinski definition) is 1. The Morgan fingerprint density at radius 1 is 1.03 bits per heavy atom. The van der Waals surface area contributed by atoms with Crippen LogP contribution in [-0.2, 0) is 4.57 Å². The van der Waals surface area contributed by atoms with E-state index >= 15 is 0 Å². The molecular weight excluding hydrogens is 490 g/mol. The maximum absolute atomic E-state index is 12.0. The minimum Gasteiger partial charge on any atom is -0.457 e. The minimum absolute atomic E-state index is 0.184. The molecule has 34 heavy (non-hydrogen) atoms. The lowest BCUT2D eigenvalue weighted by Crippen LogP contribution is -2.30. The predicted octanol–water partition coefficient (Wildman–Crippen LogP) is 8.67. The molecule has 3 aliphatic rings. The van der Waals surface area contributed by atoms with Gasteiger partial charge in [-0.3, -0.25) is 0 Å². The molecule has 0 aliphatic heterocycles. The third-order valence-electron chi connectivity index (χ3n) is 7.16. The van der Waals surface area contributed by atoms with Gasteiger partial charge < -0.3 is 14.2 Å². The second kappa shape index (κ2) is 9.74. The van der Waals surface area contributed by atoms with Gasteiger partial charge in [0.25, 0.3) is 0 Å². The third-order valence-corrected chi connectivity index (χ3v) is 8.26. The smallest absolute Gasteiger partial charge is 0.373 e. The molecule has 4 nitrogen and oxygen atoms in total. The van der Waals surface area contributed by atoms with E-state index in [0.29, 0.717) is 22.6 Å². The lowest BCUT2D eigenvalue weighted by Gasteiger charge is -2.43. The van der Waals surface area contributed by atoms with Crippen LogP contribution in [0.5, 0.6) is 11.5 Å². The summed E-state index contributed by atoms with van der Waals surface area (Å²) in [5.74, 6) is 2.52. The molecule has 0 spiro atoms. The van der Waals surface area contributed by atoms with Gasteiger partial charge in [-0.1, -0.05) is 40.8 Å². The molecule has 0 amide bonds. The molecule has 0 heterocycles. The Hall–Kier alpha value is -1.71. The highest BCUT2D eigenvalue weighted by molar-refractivity contribution is 7.52. The Morgan fingerprint density at radius 2 is 1.79 bits per heavy atom. The van der Waals surface area contributed by atoms with Crippen molar-refractivity contribution in [3.05, 3.63) is 74.8 Å². The second-order valence-electron chi connectivity index (χ2n) is 9.60. The monoisotopic (exact) mass is 518 g/mol. The molecular formula is C27H29Cl2O4P. The molecule has 1 saturated carbocycles. The number of allylic oxidation sites excluding steroid dienone is 3. The van der Waals surface area contributed by atoms with Crippen LogP contribution in [0.4, 0.5) is 0 Å². The lowest BCUT2D eigenvalue weighted by atomic mass is 9.62. The van der Waals surface area contributed by atoms with Gasteiger partial charge >= 0.3 is 7.60 Å². The molecule has 1 fully saturated rings. The summed E-state index contributed by atoms with van der Waals surface area (Å²) < 4.78 is 23.9. The Kier molecular flexibility index (Phi) is 6.88. The first-order valence-corrected chi connectivity index (χ1v) is 14.7. The highest BCUT2D eigenvalue weighted by atomic mass is 35.5. The van der Waals surface area contributed by atoms with Crippen LogP contribution in [0.3, 0.4) is 0 Å². The molecule has 3 unspecified atom stereocenters. The zero-order valence-electron chi connectivity index (χ0n) is 19.2. The Balaban J connectivity index is 1.66. The van der Waals surface area contributed by atoms with Gasteiger partial charge in [0.05, 0.1) is 5.02 Å². The summed E-state index contributed by atoms with van der Waals surface area (Å²) in [6.07, 6.45) is 9.55. The van der Waals surface area contributed by atoms with E-state index in [1.807, 2.05) is 30.3 Å². The van der Waals surface area contributed by atoms with Crippen molar-refractivity contribution in [3.63, 3.8) is 0 Å². The first-order valence-electron chi connectivity index (χ1n) is 12.0. The largest absolute Gasteiger partial charge is 0.457 e. The normalized spacial score (nSPS) is 25.3. The van der Waals surface area contributed by atoms with Gasteiger partial charge in [0, 0.05) is 23.2 Å². The van der Waals surface area contributed by atoms with E-state index < -0.39 is 7.60 Å². The fourth-order valence-corrected chi connectivity index (χ4v) is 6.68. The van der Waals surface area contributed by atoms with Crippen LogP contribution in [0.1, 0.15) is 56.9 Å². The first kappa shape index (κ1) is 24.0. The van der Waals surface area contributed by atoms with Crippen LogP contribution in [0, 0.1) is 11.8 Å². The summed E-state index contributed by atoms with van der Waals surface area (Å²) in [6.45, 7) is 1.15. The van der Waals surface area contributed by atoms with Gasteiger partial charge in [-0.15, -0.1) is 0 Å². The third kappa shape index (κ3) is 5.11. The SMILES string of the molecule is CP(=O)(O)Oc1cc(/C(Oc2ccc(Cl)cc2)=C2/C3CCCC2C2=C(CCCC2)C3)ccc1Cl. The molecule has 0 radical (unpaired) electrons. The molecule has 2 aromatic rings. The van der Waals surface area contributed by atoms with Gasteiger partial charge in [-0.05, 0) is 98.9 Å². The van der Waals surface area contributed by atoms with Crippen LogP contribution in [0.25, 0.3) is 5.76 Å². The molecule has 5 rings (SSSR count). The van der Waals surface area contributed by atoms with E-state index in [9.17, 15) is 9.46 Å². The summed E-state index contributed by atoms with van der Waals surface area (Å²) >= 11 is 12.4. The molecule has 3 aliphatic carbocycles. The van der Waals surface area contributed by atoms with Gasteiger partial charge in [0.2, 0.25) is 0 Å². The standard InChI is InChI=1S/C27H29Cl2O4P/c1-34(30,31)33-25-16-19(9-14-24(25)29)27(32-21-12-10-20(28)11-13-21)26-18-6-4-8-23(26)22-7-3-2-5-17(22)15-18/h9-14,16,18,23H,2-8,15H2,1H3,(H,30,31)/b27-26+. The molecule has 1 N–H and O–H groups in total. The van der Waals surface area contributed by atoms with E-state index in [1.54, 1.807) is 23.3 Å². The number of fused-ring (bicyclic) bond motifs is 3. The zero-order valence-corrected chi connectivity index (χ0v) is 21.6. The van der Waals surface area contributed by atoms with Crippen molar-refractivity contribution in [2.24, 2.45) is 11.8 Å². The fourth-order valence-electron chi connectivity index (χ4n) is 5.83. The van der Waals surface area contributed by atoms with Crippen molar-refractivity contribution >= 4 is 36.6 Å². The van der Waals surface area contributed by atoms with Crippen molar-refractivity contribution in [2.45, 2.75) is 51.4 Å². The van der Waals surface area contributed by atoms with Crippen molar-refractivity contribution < 1.29 is 18.7 Å². The molecule has 0 aromatic heterocycles. The van der Waals surface area contributed by atoms with Crippen LogP contribution < -0.4 is 9.26 Å². The van der Waals surface area contributed by atoms with Crippen LogP contribution >= 0.6 is 30.8 Å². The Labute approximate surface area is 211 Å². The zero-order chi connectivity index (χ0) is 23.9. The van der Waals surface area contributed by atoms with Crippen LogP contribution in [0.15, 0.2) is 59.2 Å². The molecule has 2 bridgehead atoms. The lowest BCUT2D eigenvalue weighted by molar-refractivity contribution is 0.335. The summed E-state index contributed by atoms with van der Waals surface area (Å²) in [4.78, 5) is 9.81. The number of ether oxygens (including phenoxy) is 1. The molecule has 3 atom stereocenters. The Bertz CT molecular complexity index is 1200. The van der Waals surface area contributed by atoms with Crippen molar-refractivity contribution in [1.29, 1.82) is 0 Å². The average Bonchev–Trinajstić information content (AvgIpc) is 2.79. The number of rotatable bonds is 5. The van der Waals surface area contributed by atoms with E-state index in [4.69, 9.17) is 32.5 Å². The maximum Gasteiger partial charge on any atom is 0.373 e. The summed E-state index contributed by atoms with van der Waals surface area (Å²) in [7, 11) is -3.77. The van der Waals surface area contributed by atoms with E-state index in [2.05, 4.69) is 0 Å². The van der Waals surface area contributed by atoms with Crippen LogP contribution in [0.2, 0.25) is 10.0 Å². The summed E-state index contributed by atoms with van der Waals surface area (Å²) in [5.41, 5.74) is 5.43. The fraction of sp³-hybridized carbons (Fsp3) is 0.407. The first-order chi connectivity index (χ1) is 16.3. The highest BCUT2D eigenvalue weighted by Gasteiger charge is 2.39. The average molecular weight is 519 g/mol. The minimum atomic E-state index is -3.77. The van der Waals surface area contributed by atoms with Gasteiger partial charge in [0.1, 0.15) is 17.3 Å². The van der Waals surface area contributed by atoms with Crippen molar-refractivity contribution in [2.75, 3.05) is 6.66 Å². The molecule has 180 valence electrons. The second-order valence-corrected chi connectivity index (χ2v) is 12.2. The number of halogens is 2. The quantitative estimate of drug-likeness (QED) is 0.244. The highest BCUT2D eigenvalue weighted by Crippen LogP contribution is 2.53. The van der Waals surface area contributed by atoms with Crippen LogP contribution in [-0.4, -0.2) is 11.6 Å². The Morgan fingerprint density at radius 3 is 2.56 bits per heavy atom. The van der Waals surface area contributed by atoms with Crippen molar-refractivity contribution in [1.82, 2.24) is 0 Å². The maximum atomic E-state index is 12.0. The van der Waals surface area contributed by atoms with Gasteiger partial charge in [-0.25, -0.2) is 4.57 Å². The summed E-state index contributed by atoms with van der Waals surface area (Å²) in [6, 6.07) is 12.7. The predicted molar refractivity (Wildman–Crippen MR) is 138 cm³/mol. The molecule has 7 heteroatoms. The summed E-state index contributed by atoms with van der Waals surface area (Å²) in [5, 5.41) is 0.939. The number of hydrogen-bond acceptors (Lipinski definition) is 3. The van der Waals surface area contributed by atoms with E-state index in [1.165, 1.54) is 37.7 Å². The molecule has 2 aromatic carbocycles. The van der Waals surface area contributed by atoms with E-state index in [-0.39, 0.29) is 10.8 Å². The van der Waals surface area contributed by atoms with E-state index in [0.717, 1.165) is 37.2 Å². The van der Waals surface area contributed by atoms with Crippen molar-refractivity contribution in [3.8, 4) is 11.5 Å². The van der Waals surface area contributed by atoms with Gasteiger partial charge in [0.15, 0.2) is 0 Å².